The highest BCUT2D eigenvalue weighted by Crippen LogP contribution is 2.38. The molecular formula is C19H16ClNO3S. The summed E-state index contributed by atoms with van der Waals surface area (Å²) < 4.78 is 12.3. The number of carbonyl (C=O) groups excluding carboxylic acids is 1. The van der Waals surface area contributed by atoms with Gasteiger partial charge in [-0.1, -0.05) is 23.7 Å². The van der Waals surface area contributed by atoms with Crippen LogP contribution in [0.4, 0.5) is 5.69 Å². The van der Waals surface area contributed by atoms with Gasteiger partial charge in [-0.2, -0.15) is 0 Å². The van der Waals surface area contributed by atoms with Crippen molar-refractivity contribution in [3.8, 4) is 11.5 Å². The zero-order valence-electron chi connectivity index (χ0n) is 13.6. The number of halogens is 1. The van der Waals surface area contributed by atoms with E-state index >= 15 is 0 Å². The van der Waals surface area contributed by atoms with Crippen molar-refractivity contribution >= 4 is 44.6 Å². The molecule has 4 rings (SSSR count). The summed E-state index contributed by atoms with van der Waals surface area (Å²) in [7, 11) is 0. The zero-order valence-corrected chi connectivity index (χ0v) is 15.2. The fraction of sp³-hybridized carbons (Fsp3) is 0.211. The average molecular weight is 374 g/mol. The van der Waals surface area contributed by atoms with Crippen LogP contribution in [0, 0.1) is 6.92 Å². The van der Waals surface area contributed by atoms with Crippen molar-refractivity contribution in [2.75, 3.05) is 18.5 Å². The summed E-state index contributed by atoms with van der Waals surface area (Å²) in [6, 6.07) is 11.3. The Hall–Kier alpha value is -2.24. The Morgan fingerprint density at radius 1 is 1.16 bits per heavy atom. The highest BCUT2D eigenvalue weighted by molar-refractivity contribution is 7.21. The van der Waals surface area contributed by atoms with Gasteiger partial charge in [0.05, 0.1) is 18.2 Å². The molecule has 0 bridgehead atoms. The first-order chi connectivity index (χ1) is 12.1. The molecule has 1 amide bonds. The lowest BCUT2D eigenvalue weighted by molar-refractivity contribution is 0.103. The Kier molecular flexibility index (Phi) is 4.27. The van der Waals surface area contributed by atoms with Crippen molar-refractivity contribution < 1.29 is 14.3 Å². The number of anilines is 1. The van der Waals surface area contributed by atoms with Gasteiger partial charge in [0.25, 0.3) is 5.91 Å². The first-order valence-electron chi connectivity index (χ1n) is 8.02. The Morgan fingerprint density at radius 3 is 2.76 bits per heavy atom. The van der Waals surface area contributed by atoms with Crippen LogP contribution in [0.25, 0.3) is 10.1 Å². The van der Waals surface area contributed by atoms with Crippen LogP contribution in [-0.4, -0.2) is 19.1 Å². The van der Waals surface area contributed by atoms with Crippen LogP contribution in [0.5, 0.6) is 11.5 Å². The Bertz CT molecular complexity index is 967. The van der Waals surface area contributed by atoms with Gasteiger partial charge in [0.2, 0.25) is 0 Å². The molecular weight excluding hydrogens is 358 g/mol. The van der Waals surface area contributed by atoms with E-state index in [-0.39, 0.29) is 5.91 Å². The summed E-state index contributed by atoms with van der Waals surface area (Å²) >= 11 is 7.86. The number of nitrogens with one attached hydrogen (secondary N) is 1. The summed E-state index contributed by atoms with van der Waals surface area (Å²) in [5.74, 6) is 1.12. The van der Waals surface area contributed by atoms with E-state index in [4.69, 9.17) is 21.1 Å². The largest absolute Gasteiger partial charge is 0.490 e. The number of thiophene rings is 1. The average Bonchev–Trinajstić information content (AvgIpc) is 2.78. The van der Waals surface area contributed by atoms with Gasteiger partial charge < -0.3 is 14.8 Å². The molecule has 2 heterocycles. The van der Waals surface area contributed by atoms with Gasteiger partial charge >= 0.3 is 0 Å². The van der Waals surface area contributed by atoms with Gasteiger partial charge in [-0.25, -0.2) is 0 Å². The van der Waals surface area contributed by atoms with Crippen LogP contribution >= 0.6 is 22.9 Å². The number of carbonyl (C=O) groups is 1. The summed E-state index contributed by atoms with van der Waals surface area (Å²) in [6.45, 7) is 3.23. The normalized spacial score (nSPS) is 13.5. The minimum absolute atomic E-state index is 0.222. The summed E-state index contributed by atoms with van der Waals surface area (Å²) in [5.41, 5.74) is 1.72. The number of rotatable bonds is 2. The lowest BCUT2D eigenvalue weighted by Gasteiger charge is -2.10. The third-order valence-electron chi connectivity index (χ3n) is 4.08. The van der Waals surface area contributed by atoms with Crippen LogP contribution < -0.4 is 14.8 Å². The highest BCUT2D eigenvalue weighted by Gasteiger charge is 2.19. The molecule has 1 aliphatic heterocycles. The summed E-state index contributed by atoms with van der Waals surface area (Å²) in [6.07, 6.45) is 0.840. The molecule has 4 nitrogen and oxygen atoms in total. The van der Waals surface area contributed by atoms with E-state index in [9.17, 15) is 4.79 Å². The van der Waals surface area contributed by atoms with E-state index in [2.05, 4.69) is 5.32 Å². The predicted molar refractivity (Wildman–Crippen MR) is 102 cm³/mol. The molecule has 0 radical (unpaired) electrons. The van der Waals surface area contributed by atoms with E-state index in [0.717, 1.165) is 22.1 Å². The number of benzene rings is 2. The number of fused-ring (bicyclic) bond motifs is 2. The van der Waals surface area contributed by atoms with Gasteiger partial charge in [-0.05, 0) is 30.7 Å². The second-order valence-corrected chi connectivity index (χ2v) is 7.29. The minimum atomic E-state index is -0.222. The Labute approximate surface area is 154 Å². The molecule has 6 heteroatoms. The molecule has 0 aliphatic carbocycles. The smallest absolute Gasteiger partial charge is 0.267 e. The summed E-state index contributed by atoms with van der Waals surface area (Å²) in [5, 5.41) is 4.35. The number of ether oxygens (including phenoxy) is 2. The third-order valence-corrected chi connectivity index (χ3v) is 5.72. The number of hydrogen-bond acceptors (Lipinski definition) is 4. The SMILES string of the molecule is Cc1cccc2sc(C(=O)Nc3ccc4c(c3)OCCCO4)c(Cl)c12. The molecule has 0 fully saturated rings. The van der Waals surface area contributed by atoms with Gasteiger partial charge in [0, 0.05) is 28.3 Å². The molecule has 3 aromatic rings. The van der Waals surface area contributed by atoms with Crippen LogP contribution in [-0.2, 0) is 0 Å². The van der Waals surface area contributed by atoms with Crippen molar-refractivity contribution in [1.29, 1.82) is 0 Å². The molecule has 1 aliphatic rings. The van der Waals surface area contributed by atoms with E-state index in [1.54, 1.807) is 12.1 Å². The Balaban J connectivity index is 1.63. The van der Waals surface area contributed by atoms with Crippen molar-refractivity contribution in [2.24, 2.45) is 0 Å². The lowest BCUT2D eigenvalue weighted by Crippen LogP contribution is -2.10. The molecule has 1 N–H and O–H groups in total. The van der Waals surface area contributed by atoms with Crippen molar-refractivity contribution in [1.82, 2.24) is 0 Å². The minimum Gasteiger partial charge on any atom is -0.490 e. The second kappa shape index (κ2) is 6.58. The molecule has 2 aromatic carbocycles. The van der Waals surface area contributed by atoms with Gasteiger partial charge in [-0.3, -0.25) is 4.79 Å². The molecule has 0 spiro atoms. The first-order valence-corrected chi connectivity index (χ1v) is 9.21. The van der Waals surface area contributed by atoms with E-state index in [1.807, 2.05) is 31.2 Å². The molecule has 0 saturated heterocycles. The number of hydrogen-bond donors (Lipinski definition) is 1. The van der Waals surface area contributed by atoms with Crippen LogP contribution in [0.1, 0.15) is 21.7 Å². The highest BCUT2D eigenvalue weighted by atomic mass is 35.5. The molecule has 25 heavy (non-hydrogen) atoms. The third kappa shape index (κ3) is 3.05. The standard InChI is InChI=1S/C19H16ClNO3S/c1-11-4-2-5-15-16(11)17(20)18(25-15)19(22)21-12-6-7-13-14(10-12)24-9-3-8-23-13/h2,4-7,10H,3,8-9H2,1H3,(H,21,22). The van der Waals surface area contributed by atoms with Crippen LogP contribution in [0.2, 0.25) is 5.02 Å². The second-order valence-electron chi connectivity index (χ2n) is 5.86. The maximum atomic E-state index is 12.7. The molecule has 1 aromatic heterocycles. The van der Waals surface area contributed by atoms with Crippen molar-refractivity contribution in [3.63, 3.8) is 0 Å². The van der Waals surface area contributed by atoms with Gasteiger partial charge in [-0.15, -0.1) is 11.3 Å². The zero-order chi connectivity index (χ0) is 17.4. The number of amides is 1. The topological polar surface area (TPSA) is 47.6 Å². The quantitative estimate of drug-likeness (QED) is 0.665. The van der Waals surface area contributed by atoms with Gasteiger partial charge in [0.15, 0.2) is 11.5 Å². The van der Waals surface area contributed by atoms with Crippen LogP contribution in [0.15, 0.2) is 36.4 Å². The lowest BCUT2D eigenvalue weighted by atomic mass is 10.1. The maximum Gasteiger partial charge on any atom is 0.267 e. The van der Waals surface area contributed by atoms with E-state index in [0.29, 0.717) is 40.3 Å². The monoisotopic (exact) mass is 373 g/mol. The molecule has 0 unspecified atom stereocenters. The van der Waals surface area contributed by atoms with Gasteiger partial charge in [0.1, 0.15) is 4.88 Å². The predicted octanol–water partition coefficient (Wildman–Crippen LogP) is 5.28. The van der Waals surface area contributed by atoms with E-state index < -0.39 is 0 Å². The first kappa shape index (κ1) is 16.2. The van der Waals surface area contributed by atoms with E-state index in [1.165, 1.54) is 11.3 Å². The molecule has 128 valence electrons. The fourth-order valence-electron chi connectivity index (χ4n) is 2.85. The van der Waals surface area contributed by atoms with Crippen molar-refractivity contribution in [2.45, 2.75) is 13.3 Å². The Morgan fingerprint density at radius 2 is 1.96 bits per heavy atom. The maximum absolute atomic E-state index is 12.7. The molecule has 0 saturated carbocycles. The molecule has 0 atom stereocenters. The summed E-state index contributed by atoms with van der Waals surface area (Å²) in [4.78, 5) is 13.2. The van der Waals surface area contributed by atoms with Crippen molar-refractivity contribution in [3.05, 3.63) is 51.9 Å². The number of aryl methyl sites for hydroxylation is 1. The fourth-order valence-corrected chi connectivity index (χ4v) is 4.43. The van der Waals surface area contributed by atoms with Crippen LogP contribution in [0.3, 0.4) is 0 Å².